The van der Waals surface area contributed by atoms with Gasteiger partial charge in [0, 0.05) is 13.7 Å². The average molecular weight is 200 g/mol. The summed E-state index contributed by atoms with van der Waals surface area (Å²) in [5.74, 6) is 0. The molecule has 0 saturated carbocycles. The molecule has 0 heterocycles. The molecule has 0 amide bonds. The van der Waals surface area contributed by atoms with Gasteiger partial charge in [-0.2, -0.15) is 0 Å². The van der Waals surface area contributed by atoms with Gasteiger partial charge in [0.1, 0.15) is 0 Å². The first-order valence-electron chi connectivity index (χ1n) is 3.15. The quantitative estimate of drug-likeness (QED) is 0.520. The number of aliphatic hydroxyl groups excluding tert-OH is 1. The van der Waals surface area contributed by atoms with E-state index in [4.69, 9.17) is 9.63 Å². The smallest absolute Gasteiger partial charge is 0.388 e. The highest BCUT2D eigenvalue weighted by atomic mass is 32.7. The molecule has 0 bridgehead atoms. The van der Waals surface area contributed by atoms with E-state index in [1.54, 1.807) is 6.26 Å². The monoisotopic (exact) mass is 200 g/mol. The molecule has 0 aromatic carbocycles. The van der Waals surface area contributed by atoms with Crippen LogP contribution in [-0.2, 0) is 13.6 Å². The number of aliphatic hydroxyl groups is 1. The lowest BCUT2D eigenvalue weighted by atomic mass is 10.5. The molecule has 0 fully saturated rings. The van der Waals surface area contributed by atoms with Gasteiger partial charge < -0.3 is 14.2 Å². The fourth-order valence-electron chi connectivity index (χ4n) is 0.421. The van der Waals surface area contributed by atoms with Gasteiger partial charge in [0.15, 0.2) is 0 Å². The third-order valence-corrected chi connectivity index (χ3v) is 4.50. The van der Waals surface area contributed by atoms with Crippen LogP contribution in [0.4, 0.5) is 0 Å². The lowest BCUT2D eigenvalue weighted by Crippen LogP contribution is -1.94. The van der Waals surface area contributed by atoms with Crippen LogP contribution in [0.25, 0.3) is 0 Å². The van der Waals surface area contributed by atoms with Gasteiger partial charge in [0.25, 0.3) is 0 Å². The van der Waals surface area contributed by atoms with E-state index in [1.165, 1.54) is 7.11 Å². The number of hydrogen-bond donors (Lipinski definition) is 1. The van der Waals surface area contributed by atoms with Crippen molar-refractivity contribution in [3.63, 3.8) is 0 Å². The van der Waals surface area contributed by atoms with Crippen LogP contribution in [0.5, 0.6) is 0 Å². The SMILES string of the molecule is COP(=O)(OCCCO)SC. The van der Waals surface area contributed by atoms with E-state index in [9.17, 15) is 4.57 Å². The van der Waals surface area contributed by atoms with E-state index in [0.717, 1.165) is 11.4 Å². The highest BCUT2D eigenvalue weighted by molar-refractivity contribution is 8.54. The molecule has 1 unspecified atom stereocenters. The molecule has 0 aromatic heterocycles. The first-order chi connectivity index (χ1) is 5.18. The molecule has 0 aliphatic heterocycles. The van der Waals surface area contributed by atoms with E-state index in [1.807, 2.05) is 0 Å². The van der Waals surface area contributed by atoms with Gasteiger partial charge >= 0.3 is 6.80 Å². The van der Waals surface area contributed by atoms with Crippen LogP contribution in [0.3, 0.4) is 0 Å². The van der Waals surface area contributed by atoms with Crippen LogP contribution >= 0.6 is 18.2 Å². The summed E-state index contributed by atoms with van der Waals surface area (Å²) >= 11 is 1.05. The average Bonchev–Trinajstić information content (AvgIpc) is 2.05. The largest absolute Gasteiger partial charge is 0.396 e. The summed E-state index contributed by atoms with van der Waals surface area (Å²) in [5, 5.41) is 8.39. The van der Waals surface area contributed by atoms with Crippen LogP contribution in [-0.4, -0.2) is 31.7 Å². The van der Waals surface area contributed by atoms with Gasteiger partial charge in [0.2, 0.25) is 0 Å². The summed E-state index contributed by atoms with van der Waals surface area (Å²) in [6, 6.07) is 0. The minimum absolute atomic E-state index is 0.0398. The third-order valence-electron chi connectivity index (χ3n) is 0.999. The first kappa shape index (κ1) is 11.5. The van der Waals surface area contributed by atoms with Gasteiger partial charge in [-0.15, -0.1) is 0 Å². The molecule has 0 spiro atoms. The maximum Gasteiger partial charge on any atom is 0.388 e. The summed E-state index contributed by atoms with van der Waals surface area (Å²) in [7, 11) is 1.34. The Morgan fingerprint density at radius 1 is 1.64 bits per heavy atom. The van der Waals surface area contributed by atoms with Gasteiger partial charge in [0.05, 0.1) is 6.61 Å². The first-order valence-corrected chi connectivity index (χ1v) is 6.52. The molecule has 6 heteroatoms. The van der Waals surface area contributed by atoms with Crippen molar-refractivity contribution in [3.8, 4) is 0 Å². The van der Waals surface area contributed by atoms with Gasteiger partial charge in [-0.05, 0) is 24.1 Å². The summed E-state index contributed by atoms with van der Waals surface area (Å²) in [4.78, 5) is 0. The summed E-state index contributed by atoms with van der Waals surface area (Å²) < 4.78 is 20.8. The van der Waals surface area contributed by atoms with Crippen molar-refractivity contribution in [2.24, 2.45) is 0 Å². The maximum absolute atomic E-state index is 11.3. The molecular formula is C5H13O4PS. The molecule has 0 saturated heterocycles. The molecule has 0 aromatic rings. The topological polar surface area (TPSA) is 55.8 Å². The van der Waals surface area contributed by atoms with E-state index in [-0.39, 0.29) is 13.2 Å². The minimum Gasteiger partial charge on any atom is -0.396 e. The summed E-state index contributed by atoms with van der Waals surface area (Å²) in [6.45, 7) is -2.60. The maximum atomic E-state index is 11.3. The fourth-order valence-corrected chi connectivity index (χ4v) is 2.12. The highest BCUT2D eigenvalue weighted by Crippen LogP contribution is 2.58. The molecule has 1 atom stereocenters. The molecule has 4 nitrogen and oxygen atoms in total. The predicted octanol–water partition coefficient (Wildman–Crippen LogP) is 1.50. The Balaban J connectivity index is 3.61. The van der Waals surface area contributed by atoms with Crippen molar-refractivity contribution in [2.75, 3.05) is 26.6 Å². The van der Waals surface area contributed by atoms with E-state index in [0.29, 0.717) is 6.42 Å². The van der Waals surface area contributed by atoms with Crippen LogP contribution in [0.15, 0.2) is 0 Å². The molecule has 0 aliphatic carbocycles. The Morgan fingerprint density at radius 3 is 2.64 bits per heavy atom. The van der Waals surface area contributed by atoms with E-state index in [2.05, 4.69) is 4.52 Å². The van der Waals surface area contributed by atoms with Gasteiger partial charge in [-0.25, -0.2) is 4.57 Å². The second-order valence-electron chi connectivity index (χ2n) is 1.72. The second kappa shape index (κ2) is 6.03. The van der Waals surface area contributed by atoms with E-state index < -0.39 is 6.80 Å². The van der Waals surface area contributed by atoms with Crippen molar-refractivity contribution in [1.29, 1.82) is 0 Å². The fraction of sp³-hybridized carbons (Fsp3) is 1.00. The zero-order chi connectivity index (χ0) is 8.74. The summed E-state index contributed by atoms with van der Waals surface area (Å²) in [6.07, 6.45) is 2.14. The minimum atomic E-state index is -2.91. The highest BCUT2D eigenvalue weighted by Gasteiger charge is 2.20. The lowest BCUT2D eigenvalue weighted by molar-refractivity contribution is 0.211. The van der Waals surface area contributed by atoms with Crippen LogP contribution < -0.4 is 0 Å². The predicted molar refractivity (Wildman–Crippen MR) is 45.8 cm³/mol. The Labute approximate surface area is 70.6 Å². The number of hydrogen-bond acceptors (Lipinski definition) is 5. The molecule has 11 heavy (non-hydrogen) atoms. The normalized spacial score (nSPS) is 16.3. The summed E-state index contributed by atoms with van der Waals surface area (Å²) in [5.41, 5.74) is 0. The Hall–Kier alpha value is 0.460. The second-order valence-corrected chi connectivity index (χ2v) is 6.04. The molecule has 0 aliphatic rings. The lowest BCUT2D eigenvalue weighted by Gasteiger charge is -2.12. The van der Waals surface area contributed by atoms with Crippen LogP contribution in [0.1, 0.15) is 6.42 Å². The molecule has 0 radical (unpaired) electrons. The zero-order valence-corrected chi connectivity index (χ0v) is 8.36. The Morgan fingerprint density at radius 2 is 2.27 bits per heavy atom. The zero-order valence-electron chi connectivity index (χ0n) is 6.65. The molecular weight excluding hydrogens is 187 g/mol. The van der Waals surface area contributed by atoms with Gasteiger partial charge in [-0.1, -0.05) is 0 Å². The van der Waals surface area contributed by atoms with Gasteiger partial charge in [-0.3, -0.25) is 0 Å². The molecule has 1 N–H and O–H groups in total. The van der Waals surface area contributed by atoms with Crippen molar-refractivity contribution in [3.05, 3.63) is 0 Å². The Kier molecular flexibility index (Phi) is 6.28. The van der Waals surface area contributed by atoms with E-state index >= 15 is 0 Å². The van der Waals surface area contributed by atoms with Crippen LogP contribution in [0, 0.1) is 0 Å². The van der Waals surface area contributed by atoms with Crippen LogP contribution in [0.2, 0.25) is 0 Å². The standard InChI is InChI=1S/C5H13O4PS/c1-8-10(7,11-2)9-5-3-4-6/h6H,3-5H2,1-2H3. The molecule has 0 rings (SSSR count). The third kappa shape index (κ3) is 4.82. The Bertz CT molecular complexity index is 132. The van der Waals surface area contributed by atoms with Crippen molar-refractivity contribution < 1.29 is 18.7 Å². The number of rotatable bonds is 6. The van der Waals surface area contributed by atoms with Crippen molar-refractivity contribution in [1.82, 2.24) is 0 Å². The van der Waals surface area contributed by atoms with Crippen molar-refractivity contribution in [2.45, 2.75) is 6.42 Å². The van der Waals surface area contributed by atoms with Crippen molar-refractivity contribution >= 4 is 18.2 Å². The molecule has 68 valence electrons.